The zero-order valence-corrected chi connectivity index (χ0v) is 8.48. The lowest BCUT2D eigenvalue weighted by atomic mass is 9.77. The number of carboxylic acids is 1. The molecular weight excluding hydrogens is 192 g/mol. The highest BCUT2D eigenvalue weighted by Gasteiger charge is 2.41. The van der Waals surface area contributed by atoms with Crippen molar-refractivity contribution < 1.29 is 14.6 Å². The van der Waals surface area contributed by atoms with Crippen LogP contribution < -0.4 is 4.74 Å². The molecule has 0 heterocycles. The summed E-state index contributed by atoms with van der Waals surface area (Å²) in [6, 6.07) is 9.42. The first-order chi connectivity index (χ1) is 7.20. The highest BCUT2D eigenvalue weighted by Crippen LogP contribution is 2.39. The Labute approximate surface area is 88.7 Å². The Bertz CT molecular complexity index is 341. The van der Waals surface area contributed by atoms with E-state index in [-0.39, 0.29) is 6.42 Å². The van der Waals surface area contributed by atoms with Crippen LogP contribution >= 0.6 is 0 Å². The summed E-state index contributed by atoms with van der Waals surface area (Å²) >= 11 is 0. The molecule has 0 unspecified atom stereocenters. The van der Waals surface area contributed by atoms with Gasteiger partial charge in [0.2, 0.25) is 0 Å². The minimum atomic E-state index is -0.786. The molecule has 1 aromatic rings. The first-order valence-electron chi connectivity index (χ1n) is 5.16. The zero-order valence-electron chi connectivity index (χ0n) is 8.48. The third-order valence-corrected chi connectivity index (χ3v) is 2.82. The van der Waals surface area contributed by atoms with E-state index in [2.05, 4.69) is 0 Å². The third-order valence-electron chi connectivity index (χ3n) is 2.82. The van der Waals surface area contributed by atoms with Gasteiger partial charge in [0, 0.05) is 0 Å². The van der Waals surface area contributed by atoms with E-state index in [9.17, 15) is 4.79 Å². The topological polar surface area (TPSA) is 46.5 Å². The van der Waals surface area contributed by atoms with Crippen LogP contribution in [0.25, 0.3) is 0 Å². The third kappa shape index (κ3) is 2.29. The summed E-state index contributed by atoms with van der Waals surface area (Å²) in [6.45, 7) is 0. The van der Waals surface area contributed by atoms with Gasteiger partial charge in [0.25, 0.3) is 0 Å². The van der Waals surface area contributed by atoms with E-state index < -0.39 is 11.6 Å². The zero-order chi connectivity index (χ0) is 10.7. The maximum absolute atomic E-state index is 10.7. The predicted molar refractivity (Wildman–Crippen MR) is 55.9 cm³/mol. The van der Waals surface area contributed by atoms with Gasteiger partial charge in [-0.25, -0.2) is 0 Å². The molecule has 0 atom stereocenters. The molecule has 80 valence electrons. The summed E-state index contributed by atoms with van der Waals surface area (Å²) in [5, 5.41) is 8.81. The van der Waals surface area contributed by atoms with Gasteiger partial charge >= 0.3 is 5.97 Å². The van der Waals surface area contributed by atoms with E-state index in [1.807, 2.05) is 30.3 Å². The minimum Gasteiger partial charge on any atom is -0.487 e. The molecule has 1 saturated carbocycles. The summed E-state index contributed by atoms with van der Waals surface area (Å²) < 4.78 is 5.77. The van der Waals surface area contributed by atoms with Gasteiger partial charge in [-0.2, -0.15) is 0 Å². The molecule has 1 aliphatic carbocycles. The highest BCUT2D eigenvalue weighted by atomic mass is 16.5. The predicted octanol–water partition coefficient (Wildman–Crippen LogP) is 2.46. The second-order valence-electron chi connectivity index (χ2n) is 4.02. The summed E-state index contributed by atoms with van der Waals surface area (Å²) in [5.74, 6) is -0.0240. The second-order valence-corrected chi connectivity index (χ2v) is 4.02. The number of carboxylic acid groups (broad SMARTS) is 1. The molecule has 0 radical (unpaired) electrons. The lowest BCUT2D eigenvalue weighted by Gasteiger charge is -2.40. The van der Waals surface area contributed by atoms with Crippen LogP contribution in [0, 0.1) is 0 Å². The van der Waals surface area contributed by atoms with Crippen molar-refractivity contribution in [3.63, 3.8) is 0 Å². The summed E-state index contributed by atoms with van der Waals surface area (Å²) in [7, 11) is 0. The molecule has 0 aromatic heterocycles. The van der Waals surface area contributed by atoms with Gasteiger partial charge < -0.3 is 9.84 Å². The SMILES string of the molecule is O=C(O)CC1(Oc2ccccc2)CCC1. The first kappa shape index (κ1) is 10.0. The first-order valence-corrected chi connectivity index (χ1v) is 5.16. The van der Waals surface area contributed by atoms with Crippen molar-refractivity contribution in [2.24, 2.45) is 0 Å². The minimum absolute atomic E-state index is 0.0991. The van der Waals surface area contributed by atoms with E-state index in [4.69, 9.17) is 9.84 Å². The molecule has 3 heteroatoms. The Kier molecular flexibility index (Phi) is 2.62. The van der Waals surface area contributed by atoms with Gasteiger partial charge in [0.1, 0.15) is 11.4 Å². The Morgan fingerprint density at radius 3 is 2.47 bits per heavy atom. The fraction of sp³-hybridized carbons (Fsp3) is 0.417. The van der Waals surface area contributed by atoms with Crippen molar-refractivity contribution in [3.8, 4) is 5.75 Å². The van der Waals surface area contributed by atoms with Crippen molar-refractivity contribution in [1.29, 1.82) is 0 Å². The van der Waals surface area contributed by atoms with Crippen LogP contribution in [-0.4, -0.2) is 16.7 Å². The highest BCUT2D eigenvalue weighted by molar-refractivity contribution is 5.68. The number of aliphatic carboxylic acids is 1. The monoisotopic (exact) mass is 206 g/mol. The van der Waals surface area contributed by atoms with Gasteiger partial charge in [-0.15, -0.1) is 0 Å². The van der Waals surface area contributed by atoms with Crippen molar-refractivity contribution in [2.45, 2.75) is 31.3 Å². The van der Waals surface area contributed by atoms with Gasteiger partial charge in [0.05, 0.1) is 6.42 Å². The van der Waals surface area contributed by atoms with E-state index in [0.717, 1.165) is 25.0 Å². The number of benzene rings is 1. The molecule has 0 bridgehead atoms. The van der Waals surface area contributed by atoms with Crippen LogP contribution in [0.4, 0.5) is 0 Å². The van der Waals surface area contributed by atoms with Crippen LogP contribution in [0.5, 0.6) is 5.75 Å². The number of carbonyl (C=O) groups is 1. The van der Waals surface area contributed by atoms with Crippen molar-refractivity contribution in [3.05, 3.63) is 30.3 Å². The molecular formula is C12H14O3. The van der Waals surface area contributed by atoms with Crippen molar-refractivity contribution in [2.75, 3.05) is 0 Å². The van der Waals surface area contributed by atoms with Crippen LogP contribution in [0.1, 0.15) is 25.7 Å². The molecule has 1 aliphatic rings. The molecule has 1 fully saturated rings. The van der Waals surface area contributed by atoms with Gasteiger partial charge in [-0.3, -0.25) is 4.79 Å². The molecule has 0 spiro atoms. The van der Waals surface area contributed by atoms with Crippen molar-refractivity contribution in [1.82, 2.24) is 0 Å². The lowest BCUT2D eigenvalue weighted by molar-refractivity contribution is -0.144. The van der Waals surface area contributed by atoms with E-state index in [0.29, 0.717) is 0 Å². The van der Waals surface area contributed by atoms with E-state index in [1.165, 1.54) is 0 Å². The quantitative estimate of drug-likeness (QED) is 0.823. The smallest absolute Gasteiger partial charge is 0.307 e. The molecule has 0 amide bonds. The Hall–Kier alpha value is -1.51. The molecule has 0 aliphatic heterocycles. The molecule has 0 saturated heterocycles. The molecule has 1 aromatic carbocycles. The Balaban J connectivity index is 2.05. The number of hydrogen-bond acceptors (Lipinski definition) is 2. The molecule has 2 rings (SSSR count). The van der Waals surface area contributed by atoms with E-state index in [1.54, 1.807) is 0 Å². The molecule has 1 N–H and O–H groups in total. The fourth-order valence-corrected chi connectivity index (χ4v) is 1.90. The largest absolute Gasteiger partial charge is 0.487 e. The van der Waals surface area contributed by atoms with E-state index >= 15 is 0 Å². The maximum atomic E-state index is 10.7. The number of para-hydroxylation sites is 1. The number of rotatable bonds is 4. The average Bonchev–Trinajstić information content (AvgIpc) is 2.15. The number of ether oxygens (including phenoxy) is 1. The average molecular weight is 206 g/mol. The second kappa shape index (κ2) is 3.93. The fourth-order valence-electron chi connectivity index (χ4n) is 1.90. The van der Waals surface area contributed by atoms with Gasteiger partial charge in [-0.1, -0.05) is 18.2 Å². The summed E-state index contributed by atoms with van der Waals surface area (Å²) in [5.41, 5.74) is -0.451. The van der Waals surface area contributed by atoms with Gasteiger partial charge in [0.15, 0.2) is 0 Å². The normalized spacial score (nSPS) is 17.9. The molecule has 15 heavy (non-hydrogen) atoms. The lowest BCUT2D eigenvalue weighted by Crippen LogP contribution is -2.45. The Morgan fingerprint density at radius 1 is 1.33 bits per heavy atom. The van der Waals surface area contributed by atoms with Gasteiger partial charge in [-0.05, 0) is 31.4 Å². The van der Waals surface area contributed by atoms with Crippen LogP contribution in [0.3, 0.4) is 0 Å². The molecule has 3 nitrogen and oxygen atoms in total. The van der Waals surface area contributed by atoms with Crippen molar-refractivity contribution >= 4 is 5.97 Å². The number of hydrogen-bond donors (Lipinski definition) is 1. The Morgan fingerprint density at radius 2 is 2.00 bits per heavy atom. The van der Waals surface area contributed by atoms with Crippen LogP contribution in [-0.2, 0) is 4.79 Å². The standard InChI is InChI=1S/C12H14O3/c13-11(14)9-12(7-4-8-12)15-10-5-2-1-3-6-10/h1-3,5-6H,4,7-9H2,(H,13,14). The summed E-state index contributed by atoms with van der Waals surface area (Å²) in [6.07, 6.45) is 2.84. The van der Waals surface area contributed by atoms with Crippen LogP contribution in [0.2, 0.25) is 0 Å². The van der Waals surface area contributed by atoms with Crippen LogP contribution in [0.15, 0.2) is 30.3 Å². The summed E-state index contributed by atoms with van der Waals surface area (Å²) in [4.78, 5) is 10.7. The maximum Gasteiger partial charge on any atom is 0.307 e.